The normalized spacial score (nSPS) is 17.6. The summed E-state index contributed by atoms with van der Waals surface area (Å²) in [5.41, 5.74) is 11.6. The Morgan fingerprint density at radius 2 is 1.07 bits per heavy atom. The van der Waals surface area contributed by atoms with Crippen molar-refractivity contribution in [3.8, 4) is 0 Å². The smallest absolute Gasteiger partial charge is 0.294 e. The van der Waals surface area contributed by atoms with Crippen LogP contribution in [0.3, 0.4) is 0 Å². The number of nitrogen functional groups attached to an aromatic ring is 1. The fourth-order valence-corrected chi connectivity index (χ4v) is 12.6. The lowest BCUT2D eigenvalue weighted by atomic mass is 10.1. The van der Waals surface area contributed by atoms with Crippen molar-refractivity contribution in [1.82, 2.24) is 29.7 Å². The molecule has 10 rings (SSSR count). The number of para-hydroxylation sites is 2. The van der Waals surface area contributed by atoms with Gasteiger partial charge in [-0.15, -0.1) is 0 Å². The van der Waals surface area contributed by atoms with Crippen LogP contribution in [0.1, 0.15) is 25.7 Å². The van der Waals surface area contributed by atoms with E-state index in [0.717, 1.165) is 74.6 Å². The molecule has 24 heteroatoms. The highest BCUT2D eigenvalue weighted by Gasteiger charge is 2.34. The van der Waals surface area contributed by atoms with Crippen LogP contribution >= 0.6 is 64.5 Å². The zero-order valence-corrected chi connectivity index (χ0v) is 47.1. The summed E-state index contributed by atoms with van der Waals surface area (Å²) in [6.07, 6.45) is 7.85. The summed E-state index contributed by atoms with van der Waals surface area (Å²) >= 11 is 12.7. The number of hydrogen-bond donors (Lipinski definition) is 5. The Balaban J connectivity index is 0.000000211. The number of halogens is 2. The topological polar surface area (TPSA) is 216 Å². The number of rotatable bonds is 13. The molecule has 18 nitrogen and oxygen atoms in total. The lowest BCUT2D eigenvalue weighted by Crippen LogP contribution is -2.50. The Bertz CT molecular complexity index is 3080. The van der Waals surface area contributed by atoms with Crippen LogP contribution in [0.5, 0.6) is 0 Å². The SMILES string of the molecule is CP(C)(=O)c1ccccc1Nc1nc(Nc2ccc(N3CCN4CCC[C@H]4C3)c(N)c2)ncc1Cl.CP(C)(=O)c1ccccc1Nc1nc(Nc2ccc(N3CCN4CCC[C@H]4C3)c([N+](=O)[O-])c2)ncc1Cl.S.S. The molecule has 0 radical (unpaired) electrons. The zero-order valence-electron chi connectivity index (χ0n) is 41.8. The third kappa shape index (κ3) is 13.4. The number of fused-ring (bicyclic) bond motifs is 2. The highest BCUT2D eigenvalue weighted by Crippen LogP contribution is 2.41. The molecular formula is C50H64Cl2N14O4P2S2. The van der Waals surface area contributed by atoms with Crippen LogP contribution in [-0.2, 0) is 9.13 Å². The van der Waals surface area contributed by atoms with Gasteiger partial charge in [0.05, 0.1) is 40.1 Å². The maximum atomic E-state index is 12.7. The van der Waals surface area contributed by atoms with Crippen molar-refractivity contribution in [3.05, 3.63) is 117 Å². The summed E-state index contributed by atoms with van der Waals surface area (Å²) in [6, 6.07) is 26.9. The Kier molecular flexibility index (Phi) is 18.4. The van der Waals surface area contributed by atoms with Crippen LogP contribution in [0.25, 0.3) is 0 Å². The summed E-state index contributed by atoms with van der Waals surface area (Å²) in [5.74, 6) is 1.38. The number of nitrogens with zero attached hydrogens (tertiary/aromatic N) is 9. The van der Waals surface area contributed by atoms with Crippen LogP contribution in [0.15, 0.2) is 97.3 Å². The number of nitro benzene ring substituents is 1. The minimum absolute atomic E-state index is 0. The molecule has 2 aromatic heterocycles. The van der Waals surface area contributed by atoms with Gasteiger partial charge in [-0.25, -0.2) is 9.97 Å². The van der Waals surface area contributed by atoms with E-state index in [-0.39, 0.29) is 48.6 Å². The van der Waals surface area contributed by atoms with Crippen molar-refractivity contribution in [2.45, 2.75) is 37.8 Å². The van der Waals surface area contributed by atoms with Gasteiger partial charge in [0.2, 0.25) is 11.9 Å². The Hall–Kier alpha value is -5.30. The molecule has 4 fully saturated rings. The minimum atomic E-state index is -2.55. The van der Waals surface area contributed by atoms with Gasteiger partial charge in [-0.1, -0.05) is 47.5 Å². The molecule has 4 saturated heterocycles. The quantitative estimate of drug-likeness (QED) is 0.0315. The number of anilines is 11. The molecular weight excluding hydrogens is 1060 g/mol. The van der Waals surface area contributed by atoms with Gasteiger partial charge in [0, 0.05) is 79.4 Å². The van der Waals surface area contributed by atoms with Crippen molar-refractivity contribution in [1.29, 1.82) is 0 Å². The van der Waals surface area contributed by atoms with Crippen LogP contribution in [-0.4, -0.2) is 126 Å². The van der Waals surface area contributed by atoms with Gasteiger partial charge >= 0.3 is 0 Å². The van der Waals surface area contributed by atoms with Crippen LogP contribution in [0.4, 0.5) is 69.0 Å². The van der Waals surface area contributed by atoms with Crippen molar-refractivity contribution in [3.63, 3.8) is 0 Å². The predicted molar refractivity (Wildman–Crippen MR) is 317 cm³/mol. The second-order valence-electron chi connectivity index (χ2n) is 19.3. The fraction of sp³-hybridized carbons (Fsp3) is 0.360. The lowest BCUT2D eigenvalue weighted by molar-refractivity contribution is -0.384. The van der Waals surface area contributed by atoms with E-state index in [2.05, 4.69) is 66.9 Å². The molecule has 0 saturated carbocycles. The van der Waals surface area contributed by atoms with Crippen molar-refractivity contribution in [2.75, 3.05) is 116 Å². The highest BCUT2D eigenvalue weighted by atomic mass is 35.5. The summed E-state index contributed by atoms with van der Waals surface area (Å²) in [5, 5.41) is 26.7. The summed E-state index contributed by atoms with van der Waals surface area (Å²) in [6.45, 7) is 14.8. The first-order valence-corrected chi connectivity index (χ1v) is 30.0. The second-order valence-corrected chi connectivity index (χ2v) is 26.5. The van der Waals surface area contributed by atoms with E-state index >= 15 is 0 Å². The molecule has 74 heavy (non-hydrogen) atoms. The van der Waals surface area contributed by atoms with E-state index in [9.17, 15) is 19.2 Å². The van der Waals surface area contributed by atoms with E-state index in [1.165, 1.54) is 44.3 Å². The average Bonchev–Trinajstić information content (AvgIpc) is 4.03. The molecule has 0 bridgehead atoms. The zero-order chi connectivity index (χ0) is 50.7. The minimum Gasteiger partial charge on any atom is -0.397 e. The second kappa shape index (κ2) is 24.1. The molecule has 6 aromatic rings. The number of nitro groups is 1. The average molecular weight is 1120 g/mol. The maximum Gasteiger partial charge on any atom is 0.294 e. The van der Waals surface area contributed by atoms with Gasteiger partial charge in [-0.2, -0.15) is 37.0 Å². The Labute approximate surface area is 456 Å². The lowest BCUT2D eigenvalue weighted by Gasteiger charge is -2.39. The third-order valence-electron chi connectivity index (χ3n) is 13.5. The van der Waals surface area contributed by atoms with E-state index < -0.39 is 14.3 Å². The summed E-state index contributed by atoms with van der Waals surface area (Å²) in [7, 11) is -5.04. The van der Waals surface area contributed by atoms with Gasteiger partial charge in [0.15, 0.2) is 11.6 Å². The molecule has 0 aliphatic carbocycles. The number of nitrogens with one attached hydrogen (secondary N) is 4. The Morgan fingerprint density at radius 1 is 0.622 bits per heavy atom. The highest BCUT2D eigenvalue weighted by molar-refractivity contribution is 7.70. The molecule has 2 atom stereocenters. The van der Waals surface area contributed by atoms with E-state index in [0.29, 0.717) is 62.7 Å². The maximum absolute atomic E-state index is 12.7. The molecule has 0 unspecified atom stereocenters. The Morgan fingerprint density at radius 3 is 1.53 bits per heavy atom. The first kappa shape index (κ1) is 56.4. The molecule has 0 amide bonds. The van der Waals surface area contributed by atoms with Gasteiger partial charge < -0.3 is 45.9 Å². The summed E-state index contributed by atoms with van der Waals surface area (Å²) < 4.78 is 25.4. The first-order chi connectivity index (χ1) is 34.5. The standard InChI is InChI=1S/C25H29ClN7O3P.C25H31ClN7OP.2H2S/c1-37(2,36)23-8-4-3-7-20(23)29-24-19(26)15-27-25(30-24)28-17-9-10-21(22(14-17)33(34)35)32-13-12-31-11-5-6-18(31)16-32;1-35(2,34)23-8-4-3-7-21(23)30-24-19(26)15-28-25(31-24)29-17-9-10-22(20(27)14-17)33-13-12-32-11-5-6-18(32)16-33;;/h3-4,7-10,14-15,18H,5-6,11-13,16H2,1-2H3,(H2,27,28,29,30);3-4,7-10,14-15,18H,5-6,11-13,16,27H2,1-2H3,(H2,28,29,30,31);2*1H2/t2*18-;;/m00../s1. The van der Waals surface area contributed by atoms with Gasteiger partial charge in [0.25, 0.3) is 5.69 Å². The van der Waals surface area contributed by atoms with Crippen molar-refractivity contribution < 1.29 is 14.1 Å². The molecule has 394 valence electrons. The van der Waals surface area contributed by atoms with E-state index in [4.69, 9.17) is 28.9 Å². The molecule has 4 aliphatic heterocycles. The first-order valence-electron chi connectivity index (χ1n) is 24.0. The third-order valence-corrected chi connectivity index (χ3v) is 17.2. The monoisotopic (exact) mass is 1120 g/mol. The van der Waals surface area contributed by atoms with E-state index in [1.807, 2.05) is 60.7 Å². The molecule has 4 aliphatic rings. The summed E-state index contributed by atoms with van der Waals surface area (Å²) in [4.78, 5) is 38.8. The number of nitrogens with two attached hydrogens (primary N) is 1. The van der Waals surface area contributed by atoms with Crippen LogP contribution in [0.2, 0.25) is 10.0 Å². The predicted octanol–water partition coefficient (Wildman–Crippen LogP) is 10.0. The largest absolute Gasteiger partial charge is 0.397 e. The molecule has 0 spiro atoms. The van der Waals surface area contributed by atoms with Crippen LogP contribution in [0, 0.1) is 10.1 Å². The van der Waals surface area contributed by atoms with Crippen molar-refractivity contribution >= 4 is 144 Å². The van der Waals surface area contributed by atoms with Crippen LogP contribution < -0.4 is 47.4 Å². The van der Waals surface area contributed by atoms with Gasteiger partial charge in [-0.05, 0) is 120 Å². The number of benzene rings is 4. The fourth-order valence-electron chi connectivity index (χ4n) is 10.00. The van der Waals surface area contributed by atoms with Gasteiger partial charge in [0.1, 0.15) is 30.0 Å². The number of hydrogen-bond acceptors (Lipinski definition) is 17. The molecule has 4 aromatic carbocycles. The number of piperazine rings is 2. The molecule has 6 heterocycles. The number of aromatic nitrogens is 4. The molecule has 6 N–H and O–H groups in total. The van der Waals surface area contributed by atoms with E-state index in [1.54, 1.807) is 38.8 Å². The van der Waals surface area contributed by atoms with Gasteiger partial charge in [-0.3, -0.25) is 19.9 Å². The van der Waals surface area contributed by atoms with Crippen molar-refractivity contribution in [2.24, 2.45) is 0 Å².